The van der Waals surface area contributed by atoms with Crippen LogP contribution < -0.4 is 4.90 Å². The smallest absolute Gasteiger partial charge is 0.417 e. The van der Waals surface area contributed by atoms with Crippen molar-refractivity contribution in [1.82, 2.24) is 24.4 Å². The van der Waals surface area contributed by atoms with E-state index in [0.29, 0.717) is 0 Å². The molecule has 0 spiro atoms. The number of amides is 3. The molecule has 224 valence electrons. The monoisotopic (exact) mass is 574 g/mol. The van der Waals surface area contributed by atoms with Crippen LogP contribution in [-0.4, -0.2) is 68.0 Å². The van der Waals surface area contributed by atoms with Gasteiger partial charge in [-0.15, -0.1) is 0 Å². The predicted octanol–water partition coefficient (Wildman–Crippen LogP) is 5.45. The lowest BCUT2D eigenvalue weighted by molar-refractivity contribution is -0.138. The molecule has 4 heterocycles. The van der Waals surface area contributed by atoms with Gasteiger partial charge in [0.2, 0.25) is 11.8 Å². The van der Waals surface area contributed by atoms with Crippen LogP contribution in [0, 0.1) is 18.3 Å². The third-order valence-electron chi connectivity index (χ3n) is 7.93. The van der Waals surface area contributed by atoms with Crippen molar-refractivity contribution >= 4 is 34.9 Å². The predicted molar refractivity (Wildman–Crippen MR) is 161 cm³/mol. The Bertz CT molecular complexity index is 1510. The zero-order valence-corrected chi connectivity index (χ0v) is 26.0. The van der Waals surface area contributed by atoms with E-state index in [1.165, 1.54) is 0 Å². The number of hydrogen-bond donors (Lipinski definition) is 0. The molecule has 0 aliphatic carbocycles. The van der Waals surface area contributed by atoms with E-state index in [1.54, 1.807) is 32.7 Å². The van der Waals surface area contributed by atoms with Gasteiger partial charge in [0.25, 0.3) is 0 Å². The van der Waals surface area contributed by atoms with Gasteiger partial charge in [0, 0.05) is 38.3 Å². The van der Waals surface area contributed by atoms with Crippen LogP contribution in [0.15, 0.2) is 36.5 Å². The first-order valence-corrected chi connectivity index (χ1v) is 14.7. The largest absolute Gasteiger partial charge is 0.443 e. The van der Waals surface area contributed by atoms with Gasteiger partial charge in [0.05, 0.1) is 35.2 Å². The maximum Gasteiger partial charge on any atom is 0.417 e. The molecular weight excluding hydrogens is 532 g/mol. The van der Waals surface area contributed by atoms with E-state index in [4.69, 9.17) is 4.74 Å². The zero-order chi connectivity index (χ0) is 30.6. The van der Waals surface area contributed by atoms with Gasteiger partial charge in [-0.05, 0) is 63.6 Å². The van der Waals surface area contributed by atoms with Crippen molar-refractivity contribution in [2.75, 3.05) is 25.0 Å². The second-order valence-corrected chi connectivity index (χ2v) is 13.6. The highest BCUT2D eigenvalue weighted by molar-refractivity contribution is 5.98. The fourth-order valence-electron chi connectivity index (χ4n) is 6.26. The topological polar surface area (TPSA) is 100 Å². The molecule has 0 saturated carbocycles. The van der Waals surface area contributed by atoms with Crippen LogP contribution in [0.1, 0.15) is 77.4 Å². The van der Waals surface area contributed by atoms with E-state index in [9.17, 15) is 14.4 Å². The number of rotatable bonds is 4. The summed E-state index contributed by atoms with van der Waals surface area (Å²) in [5.41, 5.74) is 5.08. The highest BCUT2D eigenvalue weighted by atomic mass is 16.6. The molecule has 3 aromatic rings. The van der Waals surface area contributed by atoms with Gasteiger partial charge >= 0.3 is 6.09 Å². The Hall–Kier alpha value is -3.95. The minimum Gasteiger partial charge on any atom is -0.443 e. The number of ether oxygens (including phenoxy) is 1. The van der Waals surface area contributed by atoms with Crippen molar-refractivity contribution in [2.24, 2.45) is 11.3 Å². The van der Waals surface area contributed by atoms with Crippen LogP contribution in [0.3, 0.4) is 0 Å². The Morgan fingerprint density at radius 2 is 1.79 bits per heavy atom. The van der Waals surface area contributed by atoms with Gasteiger partial charge in [-0.1, -0.05) is 32.9 Å². The average Bonchev–Trinajstić information content (AvgIpc) is 3.48. The van der Waals surface area contributed by atoms with E-state index in [0.717, 1.165) is 58.3 Å². The number of fused-ring (bicyclic) bond motifs is 3. The lowest BCUT2D eigenvalue weighted by Crippen LogP contribution is -2.43. The minimum absolute atomic E-state index is 0.0103. The molecule has 1 aromatic carbocycles. The summed E-state index contributed by atoms with van der Waals surface area (Å²) in [5, 5.41) is 4.66. The highest BCUT2D eigenvalue weighted by Gasteiger charge is 2.43. The standard InChI is InChI=1S/C32H42N6O4/c1-20-16-26-33-18-25-24(38(26)34-20)10-9-15-36(25)23-13-11-21(12-14-23)28(31(2,3)4)35(8)29(40)22-17-27(39)37(19-22)30(41)42-32(5,6)7/h11-14,16,18,22,28H,9-10,15,17,19H2,1-8H3/t22-,28-/m0/s1. The number of nitrogens with zero attached hydrogens (tertiary/aromatic N) is 6. The van der Waals surface area contributed by atoms with Crippen LogP contribution in [-0.2, 0) is 20.7 Å². The fourth-order valence-corrected chi connectivity index (χ4v) is 6.26. The van der Waals surface area contributed by atoms with Gasteiger partial charge < -0.3 is 14.5 Å². The molecule has 0 radical (unpaired) electrons. The maximum absolute atomic E-state index is 13.7. The van der Waals surface area contributed by atoms with E-state index < -0.39 is 17.6 Å². The van der Waals surface area contributed by atoms with Gasteiger partial charge in [0.1, 0.15) is 5.60 Å². The number of anilines is 2. The second-order valence-electron chi connectivity index (χ2n) is 13.6. The van der Waals surface area contributed by atoms with Gasteiger partial charge in [-0.25, -0.2) is 19.2 Å². The Kier molecular flexibility index (Phi) is 7.53. The van der Waals surface area contributed by atoms with Crippen molar-refractivity contribution in [3.63, 3.8) is 0 Å². The van der Waals surface area contributed by atoms with E-state index in [1.807, 2.05) is 23.7 Å². The van der Waals surface area contributed by atoms with Crippen LogP contribution in [0.25, 0.3) is 5.65 Å². The van der Waals surface area contributed by atoms with Gasteiger partial charge in [-0.2, -0.15) is 5.10 Å². The Morgan fingerprint density at radius 1 is 1.10 bits per heavy atom. The normalized spacial score (nSPS) is 18.3. The fraction of sp³-hybridized carbons (Fsp3) is 0.531. The first-order chi connectivity index (χ1) is 19.6. The molecule has 2 aliphatic heterocycles. The van der Waals surface area contributed by atoms with Crippen LogP contribution in [0.4, 0.5) is 16.2 Å². The summed E-state index contributed by atoms with van der Waals surface area (Å²) in [6, 6.07) is 10.1. The highest BCUT2D eigenvalue weighted by Crippen LogP contribution is 2.40. The van der Waals surface area contributed by atoms with Gasteiger partial charge in [-0.3, -0.25) is 9.59 Å². The van der Waals surface area contributed by atoms with Crippen molar-refractivity contribution < 1.29 is 19.1 Å². The van der Waals surface area contributed by atoms with E-state index in [2.05, 4.69) is 60.0 Å². The molecule has 3 amide bonds. The van der Waals surface area contributed by atoms with Crippen molar-refractivity contribution in [2.45, 2.75) is 79.4 Å². The second kappa shape index (κ2) is 10.7. The van der Waals surface area contributed by atoms with E-state index >= 15 is 0 Å². The van der Waals surface area contributed by atoms with Crippen molar-refractivity contribution in [3.05, 3.63) is 53.5 Å². The molecule has 10 heteroatoms. The summed E-state index contributed by atoms with van der Waals surface area (Å²) in [5.74, 6) is -1.15. The molecule has 0 N–H and O–H groups in total. The Labute approximate surface area is 247 Å². The SMILES string of the molecule is Cc1cc2ncc3c(n2n1)CCCN3c1ccc([C@H](N(C)C(=O)[C@H]2CC(=O)N(C(=O)OC(C)(C)C)C2)C(C)(C)C)cc1. The zero-order valence-electron chi connectivity index (χ0n) is 26.0. The quantitative estimate of drug-likeness (QED) is 0.408. The van der Waals surface area contributed by atoms with Crippen molar-refractivity contribution in [3.8, 4) is 0 Å². The number of carbonyl (C=O) groups is 3. The lowest BCUT2D eigenvalue weighted by atomic mass is 9.81. The number of benzene rings is 1. The molecule has 10 nitrogen and oxygen atoms in total. The molecule has 2 aromatic heterocycles. The Morgan fingerprint density at radius 3 is 2.43 bits per heavy atom. The minimum atomic E-state index is -0.725. The summed E-state index contributed by atoms with van der Waals surface area (Å²) in [7, 11) is 1.79. The van der Waals surface area contributed by atoms with Crippen LogP contribution in [0.2, 0.25) is 0 Å². The first kappa shape index (κ1) is 29.5. The van der Waals surface area contributed by atoms with E-state index in [-0.39, 0.29) is 36.2 Å². The molecule has 2 aliphatic rings. The summed E-state index contributed by atoms with van der Waals surface area (Å²) >= 11 is 0. The summed E-state index contributed by atoms with van der Waals surface area (Å²) < 4.78 is 7.34. The molecule has 2 atom stereocenters. The number of carbonyl (C=O) groups excluding carboxylic acids is 3. The first-order valence-electron chi connectivity index (χ1n) is 14.7. The summed E-state index contributed by atoms with van der Waals surface area (Å²) in [6.45, 7) is 14.4. The number of aromatic nitrogens is 3. The van der Waals surface area contributed by atoms with Crippen molar-refractivity contribution in [1.29, 1.82) is 0 Å². The molecular formula is C32H42N6O4. The van der Waals surface area contributed by atoms with Crippen LogP contribution in [0.5, 0.6) is 0 Å². The number of imide groups is 1. The molecule has 1 saturated heterocycles. The van der Waals surface area contributed by atoms with Gasteiger partial charge in [0.15, 0.2) is 5.65 Å². The maximum atomic E-state index is 13.7. The summed E-state index contributed by atoms with van der Waals surface area (Å²) in [4.78, 5) is 48.7. The molecule has 0 unspecified atom stereocenters. The molecule has 5 rings (SSSR count). The van der Waals surface area contributed by atoms with Crippen LogP contribution >= 0.6 is 0 Å². The Balaban J connectivity index is 1.36. The molecule has 1 fully saturated rings. The summed E-state index contributed by atoms with van der Waals surface area (Å²) in [6.07, 6.45) is 3.18. The molecule has 0 bridgehead atoms. The average molecular weight is 575 g/mol. The molecule has 42 heavy (non-hydrogen) atoms. The lowest BCUT2D eigenvalue weighted by Gasteiger charge is -2.40. The third kappa shape index (κ3) is 5.71. The third-order valence-corrected chi connectivity index (χ3v) is 7.93. The number of likely N-dealkylation sites (tertiary alicyclic amines) is 1. The number of hydrogen-bond acceptors (Lipinski definition) is 7. The number of aryl methyl sites for hydroxylation is 2.